The van der Waals surface area contributed by atoms with E-state index in [-0.39, 0.29) is 11.8 Å². The zero-order valence-corrected chi connectivity index (χ0v) is 14.2. The van der Waals surface area contributed by atoms with Gasteiger partial charge in [-0.3, -0.25) is 9.36 Å². The third-order valence-corrected chi connectivity index (χ3v) is 4.62. The zero-order chi connectivity index (χ0) is 15.3. The summed E-state index contributed by atoms with van der Waals surface area (Å²) in [5, 5.41) is 17.8. The Morgan fingerprint density at radius 3 is 2.55 bits per heavy atom. The monoisotopic (exact) mass is 318 g/mol. The molecule has 0 aromatic carbocycles. The molecule has 0 aliphatic heterocycles. The van der Waals surface area contributed by atoms with Crippen molar-refractivity contribution in [2.75, 3.05) is 29.7 Å². The van der Waals surface area contributed by atoms with E-state index in [4.69, 9.17) is 5.11 Å². The smallest absolute Gasteiger partial charge is 0.313 e. The summed E-state index contributed by atoms with van der Waals surface area (Å²) in [7, 11) is 2.00. The molecule has 1 atom stereocenters. The van der Waals surface area contributed by atoms with Crippen LogP contribution in [0.4, 0.5) is 5.95 Å². The van der Waals surface area contributed by atoms with E-state index in [0.717, 1.165) is 11.7 Å². The molecule has 0 spiro atoms. The van der Waals surface area contributed by atoms with Crippen molar-refractivity contribution in [2.24, 2.45) is 0 Å². The summed E-state index contributed by atoms with van der Waals surface area (Å²) in [6.07, 6.45) is 2.08. The first-order valence-corrected chi connectivity index (χ1v) is 8.77. The first-order valence-electron chi connectivity index (χ1n) is 6.39. The van der Waals surface area contributed by atoms with Gasteiger partial charge in [-0.05, 0) is 27.0 Å². The van der Waals surface area contributed by atoms with E-state index in [0.29, 0.717) is 11.2 Å². The lowest BCUT2D eigenvalue weighted by molar-refractivity contribution is -0.133. The summed E-state index contributed by atoms with van der Waals surface area (Å²) < 4.78 is 1.99. The van der Waals surface area contributed by atoms with Crippen molar-refractivity contribution in [1.29, 1.82) is 0 Å². The van der Waals surface area contributed by atoms with Crippen molar-refractivity contribution in [3.8, 4) is 0 Å². The van der Waals surface area contributed by atoms with Crippen LogP contribution in [0.2, 0.25) is 0 Å². The Morgan fingerprint density at radius 2 is 2.05 bits per heavy atom. The van der Waals surface area contributed by atoms with Crippen LogP contribution in [0.3, 0.4) is 0 Å². The van der Waals surface area contributed by atoms with Crippen LogP contribution in [0, 0.1) is 0 Å². The molecule has 0 aliphatic rings. The Kier molecular flexibility index (Phi) is 6.67. The lowest BCUT2D eigenvalue weighted by atomic mass is 10.3. The molecule has 1 aromatic heterocycles. The van der Waals surface area contributed by atoms with E-state index in [1.165, 1.54) is 11.8 Å². The molecule has 0 fully saturated rings. The van der Waals surface area contributed by atoms with Gasteiger partial charge >= 0.3 is 5.97 Å². The number of carboxylic acids is 1. The molecule has 6 nitrogen and oxygen atoms in total. The van der Waals surface area contributed by atoms with Gasteiger partial charge in [0.1, 0.15) is 0 Å². The standard InChI is InChI=1S/C12H22N4O2S2/c1-8(2)16-11(15(4)9(3)6-19-5)13-14-12(16)20-7-10(17)18/h8-9H,6-7H2,1-5H3,(H,17,18). The van der Waals surface area contributed by atoms with E-state index in [2.05, 4.69) is 28.3 Å². The molecule has 0 radical (unpaired) electrons. The van der Waals surface area contributed by atoms with E-state index in [1.807, 2.05) is 25.5 Å². The predicted molar refractivity (Wildman–Crippen MR) is 85.0 cm³/mol. The largest absolute Gasteiger partial charge is 0.481 e. The highest BCUT2D eigenvalue weighted by molar-refractivity contribution is 7.99. The molecule has 0 saturated heterocycles. The number of anilines is 1. The fourth-order valence-electron chi connectivity index (χ4n) is 1.74. The quantitative estimate of drug-likeness (QED) is 0.737. The minimum Gasteiger partial charge on any atom is -0.481 e. The van der Waals surface area contributed by atoms with E-state index in [1.54, 1.807) is 11.8 Å². The van der Waals surface area contributed by atoms with Gasteiger partial charge in [-0.1, -0.05) is 11.8 Å². The van der Waals surface area contributed by atoms with Crippen molar-refractivity contribution in [2.45, 2.75) is 38.0 Å². The maximum absolute atomic E-state index is 10.7. The van der Waals surface area contributed by atoms with Crippen molar-refractivity contribution in [3.63, 3.8) is 0 Å². The number of thioether (sulfide) groups is 2. The van der Waals surface area contributed by atoms with Gasteiger partial charge in [0.2, 0.25) is 5.95 Å². The predicted octanol–water partition coefficient (Wildman–Crippen LogP) is 2.22. The molecule has 0 saturated carbocycles. The summed E-state index contributed by atoms with van der Waals surface area (Å²) in [5.74, 6) is 0.932. The lowest BCUT2D eigenvalue weighted by Gasteiger charge is -2.26. The Morgan fingerprint density at radius 1 is 1.40 bits per heavy atom. The van der Waals surface area contributed by atoms with Gasteiger partial charge in [0.25, 0.3) is 0 Å². The number of carbonyl (C=O) groups is 1. The first kappa shape index (κ1) is 17.2. The molecular formula is C12H22N4O2S2. The minimum atomic E-state index is -0.848. The van der Waals surface area contributed by atoms with E-state index >= 15 is 0 Å². The highest BCUT2D eigenvalue weighted by Gasteiger charge is 2.21. The molecule has 0 aliphatic carbocycles. The van der Waals surface area contributed by atoms with Gasteiger partial charge in [0.05, 0.1) is 5.75 Å². The van der Waals surface area contributed by atoms with Crippen molar-refractivity contribution in [1.82, 2.24) is 14.8 Å². The van der Waals surface area contributed by atoms with Gasteiger partial charge in [-0.2, -0.15) is 11.8 Å². The number of aromatic nitrogens is 3. The molecule has 1 heterocycles. The Bertz CT molecular complexity index is 451. The van der Waals surface area contributed by atoms with Crippen LogP contribution in [0.25, 0.3) is 0 Å². The first-order chi connectivity index (χ1) is 9.38. The molecule has 1 N–H and O–H groups in total. The number of carboxylic acid groups (broad SMARTS) is 1. The zero-order valence-electron chi connectivity index (χ0n) is 12.5. The molecule has 1 unspecified atom stereocenters. The number of nitrogens with zero attached hydrogens (tertiary/aromatic N) is 4. The van der Waals surface area contributed by atoms with Crippen molar-refractivity contribution >= 4 is 35.4 Å². The number of hydrogen-bond acceptors (Lipinski definition) is 6. The Labute approximate surface area is 128 Å². The normalized spacial score (nSPS) is 12.7. The van der Waals surface area contributed by atoms with Gasteiger partial charge in [-0.15, -0.1) is 10.2 Å². The van der Waals surface area contributed by atoms with E-state index in [9.17, 15) is 4.79 Å². The van der Waals surface area contributed by atoms with Gasteiger partial charge in [0, 0.05) is 24.9 Å². The third-order valence-electron chi connectivity index (χ3n) is 2.87. The number of aliphatic carboxylic acids is 1. The molecule has 1 aromatic rings. The van der Waals surface area contributed by atoms with Crippen LogP contribution >= 0.6 is 23.5 Å². The van der Waals surface area contributed by atoms with Gasteiger partial charge in [0.15, 0.2) is 5.16 Å². The van der Waals surface area contributed by atoms with Gasteiger partial charge < -0.3 is 10.0 Å². The summed E-state index contributed by atoms with van der Waals surface area (Å²) >= 11 is 2.99. The summed E-state index contributed by atoms with van der Waals surface area (Å²) in [5.41, 5.74) is 0. The number of rotatable bonds is 8. The van der Waals surface area contributed by atoms with Crippen LogP contribution in [0.1, 0.15) is 26.8 Å². The molecule has 114 valence electrons. The van der Waals surface area contributed by atoms with Crippen LogP contribution < -0.4 is 4.90 Å². The van der Waals surface area contributed by atoms with Crippen molar-refractivity contribution in [3.05, 3.63) is 0 Å². The average molecular weight is 318 g/mol. The van der Waals surface area contributed by atoms with Gasteiger partial charge in [-0.25, -0.2) is 0 Å². The molecule has 8 heteroatoms. The minimum absolute atomic E-state index is 0.00503. The highest BCUT2D eigenvalue weighted by Crippen LogP contribution is 2.26. The summed E-state index contributed by atoms with van der Waals surface area (Å²) in [6, 6.07) is 0.518. The second kappa shape index (κ2) is 7.78. The molecule has 0 amide bonds. The van der Waals surface area contributed by atoms with Crippen LogP contribution in [-0.2, 0) is 4.79 Å². The molecule has 1 rings (SSSR count). The highest BCUT2D eigenvalue weighted by atomic mass is 32.2. The van der Waals surface area contributed by atoms with Crippen LogP contribution in [0.5, 0.6) is 0 Å². The van der Waals surface area contributed by atoms with Crippen molar-refractivity contribution < 1.29 is 9.90 Å². The van der Waals surface area contributed by atoms with Crippen LogP contribution in [0.15, 0.2) is 5.16 Å². The maximum atomic E-state index is 10.7. The molecule has 20 heavy (non-hydrogen) atoms. The Hall–Kier alpha value is -0.890. The Balaban J connectivity index is 2.99. The topological polar surface area (TPSA) is 71.2 Å². The second-order valence-corrected chi connectivity index (χ2v) is 6.70. The molecule has 0 bridgehead atoms. The molecular weight excluding hydrogens is 296 g/mol. The van der Waals surface area contributed by atoms with E-state index < -0.39 is 5.97 Å². The van der Waals surface area contributed by atoms with Crippen LogP contribution in [-0.4, -0.2) is 56.7 Å². The summed E-state index contributed by atoms with van der Waals surface area (Å²) in [4.78, 5) is 12.8. The SMILES string of the molecule is CSCC(C)N(C)c1nnc(SCC(=O)O)n1C(C)C. The summed E-state index contributed by atoms with van der Waals surface area (Å²) in [6.45, 7) is 6.23. The average Bonchev–Trinajstić information content (AvgIpc) is 2.79. The fraction of sp³-hybridized carbons (Fsp3) is 0.750. The third kappa shape index (κ3) is 4.31. The second-order valence-electron chi connectivity index (χ2n) is 4.84. The lowest BCUT2D eigenvalue weighted by Crippen LogP contribution is -2.33. The number of hydrogen-bond donors (Lipinski definition) is 1. The maximum Gasteiger partial charge on any atom is 0.313 e. The fourth-order valence-corrected chi connectivity index (χ4v) is 3.23.